The number of nitro groups is 1. The van der Waals surface area contributed by atoms with Crippen LogP contribution in [0.4, 0.5) is 5.69 Å². The van der Waals surface area contributed by atoms with Crippen molar-refractivity contribution < 1.29 is 10.0 Å². The van der Waals surface area contributed by atoms with E-state index in [4.69, 9.17) is 5.26 Å². The minimum Gasteiger partial charge on any atom is -0.390 e. The van der Waals surface area contributed by atoms with Gasteiger partial charge in [0.1, 0.15) is 12.4 Å². The molecule has 1 rings (SSSR count). The molecule has 0 aliphatic carbocycles. The van der Waals surface area contributed by atoms with Gasteiger partial charge in [-0.2, -0.15) is 10.4 Å². The van der Waals surface area contributed by atoms with Crippen molar-refractivity contribution in [3.05, 3.63) is 22.5 Å². The van der Waals surface area contributed by atoms with Crippen LogP contribution in [-0.2, 0) is 6.54 Å². The van der Waals surface area contributed by atoms with Crippen LogP contribution in [0.25, 0.3) is 0 Å². The van der Waals surface area contributed by atoms with Gasteiger partial charge in [0.2, 0.25) is 0 Å². The maximum absolute atomic E-state index is 10.4. The third-order valence-electron chi connectivity index (χ3n) is 2.36. The van der Waals surface area contributed by atoms with E-state index in [0.717, 1.165) is 6.20 Å². The van der Waals surface area contributed by atoms with E-state index >= 15 is 0 Å². The molecule has 98 valence electrons. The van der Waals surface area contributed by atoms with E-state index in [0.29, 0.717) is 19.5 Å². The van der Waals surface area contributed by atoms with E-state index in [2.05, 4.69) is 5.10 Å². The largest absolute Gasteiger partial charge is 0.390 e. The van der Waals surface area contributed by atoms with Crippen LogP contribution in [0, 0.1) is 21.4 Å². The number of rotatable bonds is 7. The first-order chi connectivity index (χ1) is 8.52. The fraction of sp³-hybridized carbons (Fsp3) is 0.600. The van der Waals surface area contributed by atoms with E-state index in [1.807, 2.05) is 11.0 Å². The Morgan fingerprint density at radius 2 is 2.50 bits per heavy atom. The Hall–Kier alpha value is -1.98. The maximum Gasteiger partial charge on any atom is 0.306 e. The summed E-state index contributed by atoms with van der Waals surface area (Å²) in [5.41, 5.74) is -0.0972. The molecule has 1 unspecified atom stereocenters. The molecule has 1 aromatic heterocycles. The van der Waals surface area contributed by atoms with Gasteiger partial charge >= 0.3 is 5.69 Å². The lowest BCUT2D eigenvalue weighted by Crippen LogP contribution is -2.32. The van der Waals surface area contributed by atoms with Crippen LogP contribution in [0.15, 0.2) is 12.4 Å². The smallest absolute Gasteiger partial charge is 0.306 e. The van der Waals surface area contributed by atoms with Gasteiger partial charge in [-0.3, -0.25) is 14.8 Å². The number of nitriles is 1. The topological polar surface area (TPSA) is 108 Å². The summed E-state index contributed by atoms with van der Waals surface area (Å²) in [5, 5.41) is 32.4. The zero-order chi connectivity index (χ0) is 13.5. The monoisotopic (exact) mass is 253 g/mol. The molecule has 1 aromatic rings. The van der Waals surface area contributed by atoms with Crippen LogP contribution in [0.2, 0.25) is 0 Å². The Morgan fingerprint density at radius 3 is 3.06 bits per heavy atom. The number of hydrogen-bond donors (Lipinski definition) is 1. The van der Waals surface area contributed by atoms with E-state index in [1.54, 1.807) is 7.05 Å². The average molecular weight is 253 g/mol. The molecular weight excluding hydrogens is 238 g/mol. The van der Waals surface area contributed by atoms with Crippen molar-refractivity contribution in [3.63, 3.8) is 0 Å². The molecule has 0 saturated heterocycles. The van der Waals surface area contributed by atoms with E-state index in [1.165, 1.54) is 10.9 Å². The first-order valence-electron chi connectivity index (χ1n) is 5.43. The molecule has 0 radical (unpaired) electrons. The summed E-state index contributed by atoms with van der Waals surface area (Å²) in [7, 11) is 1.80. The average Bonchev–Trinajstić information content (AvgIpc) is 2.74. The van der Waals surface area contributed by atoms with Gasteiger partial charge in [0.15, 0.2) is 0 Å². The SMILES string of the molecule is CN(CCC#N)CC(O)Cn1cc([N+](=O)[O-])cn1. The molecule has 1 N–H and O–H groups in total. The summed E-state index contributed by atoms with van der Waals surface area (Å²) in [4.78, 5) is 11.7. The van der Waals surface area contributed by atoms with E-state index in [9.17, 15) is 15.2 Å². The zero-order valence-corrected chi connectivity index (χ0v) is 10.1. The van der Waals surface area contributed by atoms with Crippen LogP contribution < -0.4 is 0 Å². The Morgan fingerprint density at radius 1 is 1.78 bits per heavy atom. The van der Waals surface area contributed by atoms with Crippen LogP contribution >= 0.6 is 0 Å². The van der Waals surface area contributed by atoms with Crippen LogP contribution in [0.5, 0.6) is 0 Å². The highest BCUT2D eigenvalue weighted by Gasteiger charge is 2.13. The van der Waals surface area contributed by atoms with Gasteiger partial charge in [0.05, 0.1) is 23.6 Å². The van der Waals surface area contributed by atoms with Crippen molar-refractivity contribution in [2.24, 2.45) is 0 Å². The molecule has 0 saturated carbocycles. The molecule has 8 nitrogen and oxygen atoms in total. The second kappa shape index (κ2) is 6.68. The molecule has 1 atom stereocenters. The summed E-state index contributed by atoms with van der Waals surface area (Å²) < 4.78 is 1.33. The van der Waals surface area contributed by atoms with Crippen molar-refractivity contribution in [2.75, 3.05) is 20.1 Å². The lowest BCUT2D eigenvalue weighted by molar-refractivity contribution is -0.385. The number of nitrogens with zero attached hydrogens (tertiary/aromatic N) is 5. The van der Waals surface area contributed by atoms with Crippen molar-refractivity contribution in [1.82, 2.24) is 14.7 Å². The Bertz CT molecular complexity index is 439. The molecule has 0 bridgehead atoms. The van der Waals surface area contributed by atoms with Gasteiger partial charge in [0, 0.05) is 19.5 Å². The highest BCUT2D eigenvalue weighted by Crippen LogP contribution is 2.08. The van der Waals surface area contributed by atoms with Crippen LogP contribution in [0.3, 0.4) is 0 Å². The number of hydrogen-bond acceptors (Lipinski definition) is 6. The molecule has 0 amide bonds. The minimum absolute atomic E-state index is 0.0972. The first kappa shape index (κ1) is 14.1. The predicted molar refractivity (Wildman–Crippen MR) is 62.6 cm³/mol. The summed E-state index contributed by atoms with van der Waals surface area (Å²) in [5.74, 6) is 0. The molecule has 0 fully saturated rings. The van der Waals surface area contributed by atoms with Gasteiger partial charge in [-0.15, -0.1) is 0 Å². The summed E-state index contributed by atoms with van der Waals surface area (Å²) in [6.45, 7) is 1.15. The Labute approximate surface area is 104 Å². The number of aliphatic hydroxyl groups excluding tert-OH is 1. The highest BCUT2D eigenvalue weighted by atomic mass is 16.6. The summed E-state index contributed by atoms with van der Waals surface area (Å²) in [6.07, 6.45) is 2.13. The lowest BCUT2D eigenvalue weighted by Gasteiger charge is -2.19. The van der Waals surface area contributed by atoms with Crippen LogP contribution in [0.1, 0.15) is 6.42 Å². The number of aromatic nitrogens is 2. The highest BCUT2D eigenvalue weighted by molar-refractivity contribution is 5.20. The van der Waals surface area contributed by atoms with E-state index < -0.39 is 11.0 Å². The molecule has 0 aliphatic heterocycles. The molecular formula is C10H15N5O3. The van der Waals surface area contributed by atoms with Gasteiger partial charge in [-0.25, -0.2) is 0 Å². The van der Waals surface area contributed by atoms with Crippen molar-refractivity contribution in [2.45, 2.75) is 19.1 Å². The molecule has 0 spiro atoms. The fourth-order valence-electron chi connectivity index (χ4n) is 1.51. The quantitative estimate of drug-likeness (QED) is 0.541. The summed E-state index contributed by atoms with van der Waals surface area (Å²) >= 11 is 0. The Kier molecular flexibility index (Phi) is 5.23. The zero-order valence-electron chi connectivity index (χ0n) is 10.1. The molecule has 8 heteroatoms. The van der Waals surface area contributed by atoms with E-state index in [-0.39, 0.29) is 12.2 Å². The van der Waals surface area contributed by atoms with Gasteiger partial charge in [-0.05, 0) is 7.05 Å². The third kappa shape index (κ3) is 4.48. The number of aliphatic hydroxyl groups is 1. The molecule has 0 aromatic carbocycles. The third-order valence-corrected chi connectivity index (χ3v) is 2.36. The lowest BCUT2D eigenvalue weighted by atomic mass is 10.3. The normalized spacial score (nSPS) is 12.3. The Balaban J connectivity index is 2.41. The second-order valence-corrected chi connectivity index (χ2v) is 4.00. The molecule has 18 heavy (non-hydrogen) atoms. The maximum atomic E-state index is 10.4. The van der Waals surface area contributed by atoms with Gasteiger partial charge < -0.3 is 10.0 Å². The van der Waals surface area contributed by atoms with Crippen molar-refractivity contribution in [1.29, 1.82) is 5.26 Å². The fourth-order valence-corrected chi connectivity index (χ4v) is 1.51. The first-order valence-corrected chi connectivity index (χ1v) is 5.43. The van der Waals surface area contributed by atoms with Crippen molar-refractivity contribution in [3.8, 4) is 6.07 Å². The second-order valence-electron chi connectivity index (χ2n) is 4.00. The standard InChI is InChI=1S/C10H15N5O3/c1-13(4-2-3-11)7-10(16)8-14-6-9(5-12-14)15(17)18/h5-6,10,16H,2,4,7-8H2,1H3. The van der Waals surface area contributed by atoms with Crippen LogP contribution in [-0.4, -0.2) is 51.0 Å². The molecule has 1 heterocycles. The predicted octanol–water partition coefficient (Wildman–Crippen LogP) is -0.00232. The van der Waals surface area contributed by atoms with Gasteiger partial charge in [0.25, 0.3) is 0 Å². The molecule has 0 aliphatic rings. The minimum atomic E-state index is -0.687. The number of likely N-dealkylation sites (N-methyl/N-ethyl adjacent to an activating group) is 1. The summed E-state index contributed by atoms with van der Waals surface area (Å²) in [6, 6.07) is 2.02. The van der Waals surface area contributed by atoms with Gasteiger partial charge in [-0.1, -0.05) is 0 Å². The van der Waals surface area contributed by atoms with Crippen molar-refractivity contribution >= 4 is 5.69 Å².